The quantitative estimate of drug-likeness (QED) is 0.439. The zero-order valence-corrected chi connectivity index (χ0v) is 9.80. The molecule has 0 aliphatic heterocycles. The van der Waals surface area contributed by atoms with E-state index in [0.717, 1.165) is 5.56 Å². The molecule has 0 spiro atoms. The molecule has 4 heteroatoms. The van der Waals surface area contributed by atoms with Crippen molar-refractivity contribution in [2.24, 2.45) is 4.99 Å². The van der Waals surface area contributed by atoms with Crippen LogP contribution >= 0.6 is 0 Å². The van der Waals surface area contributed by atoms with Gasteiger partial charge in [-0.3, -0.25) is 4.99 Å². The first-order chi connectivity index (χ1) is 7.63. The average molecular weight is 220 g/mol. The first kappa shape index (κ1) is 12.2. The number of aliphatic imine (C=N–C) groups is 1. The van der Waals surface area contributed by atoms with Crippen LogP contribution in [0.25, 0.3) is 0 Å². The lowest BCUT2D eigenvalue weighted by Crippen LogP contribution is -2.07. The first-order valence-corrected chi connectivity index (χ1v) is 4.97. The Morgan fingerprint density at radius 2 is 2.00 bits per heavy atom. The lowest BCUT2D eigenvalue weighted by atomic mass is 10.1. The fraction of sp³-hybridized carbons (Fsp3) is 0.333. The smallest absolute Gasteiger partial charge is 0.337 e. The topological polar surface area (TPSA) is 41.9 Å². The molecule has 4 nitrogen and oxygen atoms in total. The van der Waals surface area contributed by atoms with Crippen molar-refractivity contribution in [2.45, 2.75) is 6.54 Å². The summed E-state index contributed by atoms with van der Waals surface area (Å²) in [6.45, 7) is 0.611. The van der Waals surface area contributed by atoms with Gasteiger partial charge in [-0.05, 0) is 17.7 Å². The van der Waals surface area contributed by atoms with Crippen LogP contribution in [0.5, 0.6) is 0 Å². The molecule has 0 bridgehead atoms. The molecule has 0 saturated carbocycles. The fourth-order valence-electron chi connectivity index (χ4n) is 1.17. The number of methoxy groups -OCH3 is 1. The van der Waals surface area contributed by atoms with Crippen LogP contribution in [0.4, 0.5) is 0 Å². The molecule has 16 heavy (non-hydrogen) atoms. The average Bonchev–Trinajstić information content (AvgIpc) is 2.28. The molecule has 0 atom stereocenters. The van der Waals surface area contributed by atoms with Crippen molar-refractivity contribution in [3.8, 4) is 0 Å². The number of ether oxygens (including phenoxy) is 1. The summed E-state index contributed by atoms with van der Waals surface area (Å²) in [5.74, 6) is -0.316. The SMILES string of the molecule is COC(=O)c1ccc(CN=CN(C)C)cc1. The van der Waals surface area contributed by atoms with E-state index < -0.39 is 0 Å². The van der Waals surface area contributed by atoms with Crippen LogP contribution in [0.3, 0.4) is 0 Å². The number of hydrogen-bond donors (Lipinski definition) is 0. The zero-order chi connectivity index (χ0) is 12.0. The van der Waals surface area contributed by atoms with E-state index in [1.54, 1.807) is 18.5 Å². The molecule has 1 aromatic carbocycles. The lowest BCUT2D eigenvalue weighted by molar-refractivity contribution is 0.0600. The standard InChI is InChI=1S/C12H16N2O2/c1-14(2)9-13-8-10-4-6-11(7-5-10)12(15)16-3/h4-7,9H,8H2,1-3H3. The molecular formula is C12H16N2O2. The van der Waals surface area contributed by atoms with Gasteiger partial charge in [-0.15, -0.1) is 0 Å². The van der Waals surface area contributed by atoms with Crippen molar-refractivity contribution in [1.82, 2.24) is 4.90 Å². The summed E-state index contributed by atoms with van der Waals surface area (Å²) < 4.78 is 4.61. The molecule has 0 saturated heterocycles. The summed E-state index contributed by atoms with van der Waals surface area (Å²) in [6.07, 6.45) is 1.76. The maximum absolute atomic E-state index is 11.2. The second-order valence-corrected chi connectivity index (χ2v) is 3.61. The number of nitrogens with zero attached hydrogens (tertiary/aromatic N) is 2. The van der Waals surface area contributed by atoms with E-state index >= 15 is 0 Å². The number of hydrogen-bond acceptors (Lipinski definition) is 3. The Hall–Kier alpha value is -1.84. The largest absolute Gasteiger partial charge is 0.465 e. The van der Waals surface area contributed by atoms with Crippen LogP contribution in [0.2, 0.25) is 0 Å². The molecule has 0 radical (unpaired) electrons. The van der Waals surface area contributed by atoms with E-state index in [1.165, 1.54) is 7.11 Å². The van der Waals surface area contributed by atoms with Crippen LogP contribution in [-0.4, -0.2) is 38.4 Å². The molecule has 0 aliphatic carbocycles. The van der Waals surface area contributed by atoms with Gasteiger partial charge in [0.25, 0.3) is 0 Å². The fourth-order valence-corrected chi connectivity index (χ4v) is 1.17. The Balaban J connectivity index is 2.61. The molecule has 1 aromatic rings. The number of carbonyl (C=O) groups is 1. The van der Waals surface area contributed by atoms with Gasteiger partial charge in [0, 0.05) is 14.1 Å². The second-order valence-electron chi connectivity index (χ2n) is 3.61. The summed E-state index contributed by atoms with van der Waals surface area (Å²) >= 11 is 0. The number of esters is 1. The summed E-state index contributed by atoms with van der Waals surface area (Å²) in [5.41, 5.74) is 1.62. The van der Waals surface area contributed by atoms with Crippen LogP contribution in [0.1, 0.15) is 15.9 Å². The van der Waals surface area contributed by atoms with E-state index in [0.29, 0.717) is 12.1 Å². The normalized spacial score (nSPS) is 10.4. The van der Waals surface area contributed by atoms with Crippen molar-refractivity contribution in [3.63, 3.8) is 0 Å². The van der Waals surface area contributed by atoms with Crippen LogP contribution in [0.15, 0.2) is 29.3 Å². The number of carbonyl (C=O) groups excluding carboxylic acids is 1. The maximum atomic E-state index is 11.2. The van der Waals surface area contributed by atoms with Crippen molar-refractivity contribution in [2.75, 3.05) is 21.2 Å². The minimum absolute atomic E-state index is 0.316. The van der Waals surface area contributed by atoms with E-state index in [1.807, 2.05) is 31.1 Å². The van der Waals surface area contributed by atoms with Crippen molar-refractivity contribution in [1.29, 1.82) is 0 Å². The summed E-state index contributed by atoms with van der Waals surface area (Å²) in [4.78, 5) is 17.3. The van der Waals surface area contributed by atoms with Crippen molar-refractivity contribution < 1.29 is 9.53 Å². The molecule has 0 amide bonds. The molecule has 1 rings (SSSR count). The van der Waals surface area contributed by atoms with E-state index in [9.17, 15) is 4.79 Å². The molecule has 86 valence electrons. The highest BCUT2D eigenvalue weighted by atomic mass is 16.5. The molecular weight excluding hydrogens is 204 g/mol. The highest BCUT2D eigenvalue weighted by molar-refractivity contribution is 5.89. The molecule has 0 unspecified atom stereocenters. The van der Waals surface area contributed by atoms with Crippen LogP contribution in [0, 0.1) is 0 Å². The Bertz CT molecular complexity index is 369. The third-order valence-electron chi connectivity index (χ3n) is 1.96. The van der Waals surface area contributed by atoms with Crippen molar-refractivity contribution in [3.05, 3.63) is 35.4 Å². The van der Waals surface area contributed by atoms with Gasteiger partial charge in [0.1, 0.15) is 0 Å². The minimum Gasteiger partial charge on any atom is -0.465 e. The predicted octanol–water partition coefficient (Wildman–Crippen LogP) is 1.56. The van der Waals surface area contributed by atoms with Crippen LogP contribution in [-0.2, 0) is 11.3 Å². The van der Waals surface area contributed by atoms with E-state index in [-0.39, 0.29) is 5.97 Å². The summed E-state index contributed by atoms with van der Waals surface area (Å²) in [5, 5.41) is 0. The number of rotatable bonds is 4. The van der Waals surface area contributed by atoms with Crippen LogP contribution < -0.4 is 0 Å². The molecule has 0 heterocycles. The molecule has 0 fully saturated rings. The molecule has 0 aliphatic rings. The highest BCUT2D eigenvalue weighted by Crippen LogP contribution is 2.06. The van der Waals surface area contributed by atoms with Gasteiger partial charge in [-0.2, -0.15) is 0 Å². The Kier molecular flexibility index (Phi) is 4.51. The van der Waals surface area contributed by atoms with E-state index in [2.05, 4.69) is 9.73 Å². The maximum Gasteiger partial charge on any atom is 0.337 e. The zero-order valence-electron chi connectivity index (χ0n) is 9.80. The van der Waals surface area contributed by atoms with Gasteiger partial charge in [-0.1, -0.05) is 12.1 Å². The van der Waals surface area contributed by atoms with Gasteiger partial charge in [0.2, 0.25) is 0 Å². The van der Waals surface area contributed by atoms with E-state index in [4.69, 9.17) is 0 Å². The van der Waals surface area contributed by atoms with Crippen molar-refractivity contribution >= 4 is 12.3 Å². The summed E-state index contributed by atoms with van der Waals surface area (Å²) in [7, 11) is 5.21. The van der Waals surface area contributed by atoms with Gasteiger partial charge in [0.15, 0.2) is 0 Å². The van der Waals surface area contributed by atoms with Gasteiger partial charge >= 0.3 is 5.97 Å². The molecule has 0 aromatic heterocycles. The van der Waals surface area contributed by atoms with Gasteiger partial charge in [-0.25, -0.2) is 4.79 Å². The Morgan fingerprint density at radius 1 is 1.38 bits per heavy atom. The predicted molar refractivity (Wildman–Crippen MR) is 63.7 cm³/mol. The molecule has 0 N–H and O–H groups in total. The van der Waals surface area contributed by atoms with Gasteiger partial charge in [0.05, 0.1) is 25.6 Å². The Morgan fingerprint density at radius 3 is 2.50 bits per heavy atom. The second kappa shape index (κ2) is 5.90. The lowest BCUT2D eigenvalue weighted by Gasteiger charge is -2.03. The highest BCUT2D eigenvalue weighted by Gasteiger charge is 2.03. The third-order valence-corrected chi connectivity index (χ3v) is 1.96. The monoisotopic (exact) mass is 220 g/mol. The number of benzene rings is 1. The summed E-state index contributed by atoms with van der Waals surface area (Å²) in [6, 6.07) is 7.23. The third kappa shape index (κ3) is 3.73. The minimum atomic E-state index is -0.316. The first-order valence-electron chi connectivity index (χ1n) is 4.97. The Labute approximate surface area is 95.6 Å². The van der Waals surface area contributed by atoms with Gasteiger partial charge < -0.3 is 9.64 Å².